The summed E-state index contributed by atoms with van der Waals surface area (Å²) in [6.07, 6.45) is 6.93. The Morgan fingerprint density at radius 1 is 1.03 bits per heavy atom. The molecule has 1 atom stereocenters. The number of carbonyl (C=O) groups excluding carboxylic acids is 2. The molecule has 7 nitrogen and oxygen atoms in total. The molecule has 0 aromatic heterocycles. The average Bonchev–Trinajstić information content (AvgIpc) is 2.83. The van der Waals surface area contributed by atoms with Crippen LogP contribution in [0.3, 0.4) is 0 Å². The van der Waals surface area contributed by atoms with E-state index in [0.29, 0.717) is 18.7 Å². The summed E-state index contributed by atoms with van der Waals surface area (Å²) in [5.41, 5.74) is 2.37. The predicted octanol–water partition coefficient (Wildman–Crippen LogP) is 3.67. The third-order valence-corrected chi connectivity index (χ3v) is 7.71. The van der Waals surface area contributed by atoms with Crippen LogP contribution in [0.25, 0.3) is 0 Å². The zero-order chi connectivity index (χ0) is 25.4. The molecule has 8 heteroatoms. The lowest BCUT2D eigenvalue weighted by molar-refractivity contribution is -0.139. The highest BCUT2D eigenvalue weighted by Crippen LogP contribution is 2.20. The molecule has 0 aliphatic heterocycles. The van der Waals surface area contributed by atoms with Crippen molar-refractivity contribution in [2.75, 3.05) is 23.7 Å². The van der Waals surface area contributed by atoms with Gasteiger partial charge in [-0.1, -0.05) is 61.7 Å². The molecule has 1 N–H and O–H groups in total. The first kappa shape index (κ1) is 26.7. The molecule has 2 aromatic carbocycles. The summed E-state index contributed by atoms with van der Waals surface area (Å²) in [6.45, 7) is 3.54. The van der Waals surface area contributed by atoms with Gasteiger partial charge in [0.1, 0.15) is 12.6 Å². The highest BCUT2D eigenvalue weighted by atomic mass is 32.2. The molecule has 0 heterocycles. The second-order valence-electron chi connectivity index (χ2n) is 9.45. The molecule has 35 heavy (non-hydrogen) atoms. The van der Waals surface area contributed by atoms with Gasteiger partial charge in [0, 0.05) is 12.6 Å². The van der Waals surface area contributed by atoms with Crippen LogP contribution in [0.1, 0.15) is 50.2 Å². The van der Waals surface area contributed by atoms with E-state index in [1.54, 1.807) is 25.1 Å². The maximum Gasteiger partial charge on any atom is 0.244 e. The fourth-order valence-corrected chi connectivity index (χ4v) is 5.38. The molecule has 1 saturated carbocycles. The third kappa shape index (κ3) is 7.82. The highest BCUT2D eigenvalue weighted by Gasteiger charge is 2.30. The van der Waals surface area contributed by atoms with Gasteiger partial charge in [0.25, 0.3) is 0 Å². The predicted molar refractivity (Wildman–Crippen MR) is 140 cm³/mol. The fraction of sp³-hybridized carbons (Fsp3) is 0.481. The average molecular weight is 500 g/mol. The monoisotopic (exact) mass is 499 g/mol. The Morgan fingerprint density at radius 3 is 2.34 bits per heavy atom. The van der Waals surface area contributed by atoms with Crippen molar-refractivity contribution in [3.05, 3.63) is 65.7 Å². The van der Waals surface area contributed by atoms with Gasteiger partial charge in [-0.25, -0.2) is 8.42 Å². The summed E-state index contributed by atoms with van der Waals surface area (Å²) >= 11 is 0. The van der Waals surface area contributed by atoms with Crippen molar-refractivity contribution < 1.29 is 18.0 Å². The lowest BCUT2D eigenvalue weighted by Gasteiger charge is -2.33. The molecule has 2 aromatic rings. The minimum Gasteiger partial charge on any atom is -0.352 e. The molecule has 0 radical (unpaired) electrons. The van der Waals surface area contributed by atoms with Crippen LogP contribution in [0.2, 0.25) is 0 Å². The van der Waals surface area contributed by atoms with Gasteiger partial charge in [-0.05, 0) is 56.4 Å². The molecule has 1 aliphatic carbocycles. The van der Waals surface area contributed by atoms with Gasteiger partial charge >= 0.3 is 0 Å². The maximum absolute atomic E-state index is 13.6. The Bertz CT molecular complexity index is 1100. The second kappa shape index (κ2) is 12.2. The molecule has 190 valence electrons. The number of hydrogen-bond donors (Lipinski definition) is 1. The van der Waals surface area contributed by atoms with Crippen molar-refractivity contribution >= 4 is 27.5 Å². The van der Waals surface area contributed by atoms with Gasteiger partial charge in [-0.2, -0.15) is 0 Å². The van der Waals surface area contributed by atoms with Gasteiger partial charge in [0.2, 0.25) is 21.8 Å². The van der Waals surface area contributed by atoms with Crippen LogP contribution in [-0.4, -0.2) is 56.6 Å². The lowest BCUT2D eigenvalue weighted by atomic mass is 9.95. The lowest BCUT2D eigenvalue weighted by Crippen LogP contribution is -2.53. The van der Waals surface area contributed by atoms with Crippen molar-refractivity contribution in [2.45, 2.75) is 64.5 Å². The summed E-state index contributed by atoms with van der Waals surface area (Å²) < 4.78 is 26.4. The first-order valence-electron chi connectivity index (χ1n) is 12.3. The topological polar surface area (TPSA) is 86.8 Å². The van der Waals surface area contributed by atoms with E-state index in [-0.39, 0.29) is 18.5 Å². The Hall–Kier alpha value is -2.87. The van der Waals surface area contributed by atoms with Crippen molar-refractivity contribution in [3.8, 4) is 0 Å². The Balaban J connectivity index is 1.81. The number of carbonyl (C=O) groups is 2. The van der Waals surface area contributed by atoms with Crippen LogP contribution >= 0.6 is 0 Å². The molecular formula is C27H37N3O4S. The molecule has 0 unspecified atom stereocenters. The van der Waals surface area contributed by atoms with E-state index in [0.717, 1.165) is 47.4 Å². The zero-order valence-electron chi connectivity index (χ0n) is 20.9. The van der Waals surface area contributed by atoms with Gasteiger partial charge < -0.3 is 10.2 Å². The molecule has 1 fully saturated rings. The quantitative estimate of drug-likeness (QED) is 0.540. The van der Waals surface area contributed by atoms with Crippen molar-refractivity contribution in [1.29, 1.82) is 0 Å². The van der Waals surface area contributed by atoms with E-state index in [9.17, 15) is 18.0 Å². The Labute approximate surface area is 209 Å². The summed E-state index contributed by atoms with van der Waals surface area (Å²) in [6, 6.07) is 16.2. The number of nitrogens with one attached hydrogen (secondary N) is 1. The molecule has 0 saturated heterocycles. The maximum atomic E-state index is 13.6. The van der Waals surface area contributed by atoms with E-state index < -0.39 is 22.0 Å². The number of anilines is 1. The molecule has 0 spiro atoms. The Morgan fingerprint density at radius 2 is 1.71 bits per heavy atom. The van der Waals surface area contributed by atoms with Gasteiger partial charge in [0.05, 0.1) is 11.9 Å². The Kier molecular flexibility index (Phi) is 9.32. The van der Waals surface area contributed by atoms with Crippen molar-refractivity contribution in [2.24, 2.45) is 0 Å². The smallest absolute Gasteiger partial charge is 0.244 e. The molecule has 1 aliphatic rings. The molecule has 2 amide bonds. The number of nitrogens with zero attached hydrogens (tertiary/aromatic N) is 2. The number of amides is 2. The highest BCUT2D eigenvalue weighted by molar-refractivity contribution is 7.92. The summed E-state index contributed by atoms with van der Waals surface area (Å²) in [7, 11) is -3.71. The fourth-order valence-electron chi connectivity index (χ4n) is 4.54. The number of hydrogen-bond acceptors (Lipinski definition) is 4. The van der Waals surface area contributed by atoms with Crippen LogP contribution in [0.15, 0.2) is 54.6 Å². The van der Waals surface area contributed by atoms with Gasteiger partial charge in [-0.15, -0.1) is 0 Å². The SMILES string of the molecule is Cc1cccc(N(CC(=O)N(CCc2ccccc2)[C@H](C)C(=O)NC2CCCCC2)S(C)(=O)=O)c1. The van der Waals surface area contributed by atoms with Crippen molar-refractivity contribution in [1.82, 2.24) is 10.2 Å². The van der Waals surface area contributed by atoms with Crippen LogP contribution < -0.4 is 9.62 Å². The number of aryl methyl sites for hydroxylation is 1. The third-order valence-electron chi connectivity index (χ3n) is 6.57. The number of sulfonamides is 1. The summed E-state index contributed by atoms with van der Waals surface area (Å²) in [5, 5.41) is 3.11. The van der Waals surface area contributed by atoms with E-state index in [1.807, 2.05) is 43.3 Å². The molecular weight excluding hydrogens is 462 g/mol. The van der Waals surface area contributed by atoms with Crippen LogP contribution in [-0.2, 0) is 26.0 Å². The normalized spacial score (nSPS) is 15.3. The standard InChI is InChI=1S/C27H37N3O4S/c1-21-11-10-16-25(19-21)30(35(3,33)34)20-26(31)29(18-17-23-12-6-4-7-13-23)22(2)27(32)28-24-14-8-5-9-15-24/h4,6-7,10-13,16,19,22,24H,5,8-9,14-15,17-18,20H2,1-3H3,(H,28,32)/t22-/m1/s1. The van der Waals surface area contributed by atoms with Crippen molar-refractivity contribution in [3.63, 3.8) is 0 Å². The summed E-state index contributed by atoms with van der Waals surface area (Å²) in [5.74, 6) is -0.598. The van der Waals surface area contributed by atoms with Crippen LogP contribution in [0, 0.1) is 6.92 Å². The zero-order valence-corrected chi connectivity index (χ0v) is 21.8. The van der Waals surface area contributed by atoms with Crippen LogP contribution in [0.5, 0.6) is 0 Å². The minimum absolute atomic E-state index is 0.129. The van der Waals surface area contributed by atoms with Crippen LogP contribution in [0.4, 0.5) is 5.69 Å². The largest absolute Gasteiger partial charge is 0.352 e. The van der Waals surface area contributed by atoms with E-state index >= 15 is 0 Å². The molecule has 0 bridgehead atoms. The first-order valence-corrected chi connectivity index (χ1v) is 14.2. The summed E-state index contributed by atoms with van der Waals surface area (Å²) in [4.78, 5) is 28.2. The number of benzene rings is 2. The van der Waals surface area contributed by atoms with E-state index in [2.05, 4.69) is 5.32 Å². The van der Waals surface area contributed by atoms with E-state index in [4.69, 9.17) is 0 Å². The minimum atomic E-state index is -3.71. The van der Waals surface area contributed by atoms with E-state index in [1.165, 1.54) is 11.3 Å². The second-order valence-corrected chi connectivity index (χ2v) is 11.4. The first-order chi connectivity index (χ1) is 16.6. The number of rotatable bonds is 10. The molecule has 3 rings (SSSR count). The van der Waals surface area contributed by atoms with Gasteiger partial charge in [0.15, 0.2) is 0 Å². The van der Waals surface area contributed by atoms with Gasteiger partial charge in [-0.3, -0.25) is 13.9 Å².